The van der Waals surface area contributed by atoms with Crippen LogP contribution in [0.25, 0.3) is 33.6 Å². The molecule has 278 valence electrons. The predicted molar refractivity (Wildman–Crippen MR) is 200 cm³/mol. The molecule has 10 nitrogen and oxygen atoms in total. The highest BCUT2D eigenvalue weighted by Gasteiger charge is 2.45. The van der Waals surface area contributed by atoms with Crippen LogP contribution in [0.3, 0.4) is 0 Å². The molecule has 2 aromatic carbocycles. The Kier molecular flexibility index (Phi) is 9.95. The SMILES string of the molecule is CC(C)(C)[C@H](NC(=O)[C@]1(C)C[C@@H](F)CN1)c1ncc(-c2ccc(-c3ccc(-c4cnc([C@@H](NC(=O)[C@]5(C)C[C@@H](F)CN5)C(C)(C)C)[nH]4)cc3)cc2)[nH]1. The van der Waals surface area contributed by atoms with Gasteiger partial charge in [0.05, 0.1) is 46.9 Å². The molecule has 0 saturated carbocycles. The van der Waals surface area contributed by atoms with E-state index in [1.165, 1.54) is 0 Å². The van der Waals surface area contributed by atoms with Gasteiger partial charge in [0.15, 0.2) is 0 Å². The maximum atomic E-state index is 13.9. The molecule has 2 aromatic heterocycles. The van der Waals surface area contributed by atoms with Gasteiger partial charge in [-0.3, -0.25) is 9.59 Å². The molecule has 12 heteroatoms. The first-order valence-electron chi connectivity index (χ1n) is 18.1. The van der Waals surface area contributed by atoms with Crippen LogP contribution in [0.1, 0.15) is 92.0 Å². The van der Waals surface area contributed by atoms with Gasteiger partial charge in [0.2, 0.25) is 11.8 Å². The Labute approximate surface area is 304 Å². The fourth-order valence-corrected chi connectivity index (χ4v) is 7.11. The number of aromatic amines is 2. The Morgan fingerprint density at radius 3 is 1.27 bits per heavy atom. The van der Waals surface area contributed by atoms with E-state index in [4.69, 9.17) is 0 Å². The van der Waals surface area contributed by atoms with Gasteiger partial charge in [-0.2, -0.15) is 0 Å². The lowest BCUT2D eigenvalue weighted by molar-refractivity contribution is -0.129. The Morgan fingerprint density at radius 2 is 0.981 bits per heavy atom. The molecule has 0 bridgehead atoms. The first kappa shape index (κ1) is 37.3. The van der Waals surface area contributed by atoms with E-state index in [1.54, 1.807) is 26.2 Å². The quantitative estimate of drug-likeness (QED) is 0.114. The number of alkyl halides is 2. The second-order valence-electron chi connectivity index (χ2n) is 17.1. The highest BCUT2D eigenvalue weighted by molar-refractivity contribution is 5.87. The zero-order valence-electron chi connectivity index (χ0n) is 31.4. The third-order valence-electron chi connectivity index (χ3n) is 10.4. The Bertz CT molecular complexity index is 1750. The van der Waals surface area contributed by atoms with Crippen molar-refractivity contribution in [3.05, 3.63) is 72.6 Å². The molecular weight excluding hydrogens is 662 g/mol. The number of halogens is 2. The highest BCUT2D eigenvalue weighted by atomic mass is 19.1. The summed E-state index contributed by atoms with van der Waals surface area (Å²) in [5.74, 6) is 0.803. The molecule has 0 spiro atoms. The summed E-state index contributed by atoms with van der Waals surface area (Å²) in [6.07, 6.45) is 1.73. The molecule has 0 aliphatic carbocycles. The number of carbonyl (C=O) groups excluding carboxylic acids is 2. The summed E-state index contributed by atoms with van der Waals surface area (Å²) in [6.45, 7) is 16.0. The lowest BCUT2D eigenvalue weighted by Gasteiger charge is -2.33. The fraction of sp³-hybridized carbons (Fsp3) is 0.500. The largest absolute Gasteiger partial charge is 0.344 e. The van der Waals surface area contributed by atoms with Crippen LogP contribution < -0.4 is 21.3 Å². The van der Waals surface area contributed by atoms with Crippen molar-refractivity contribution in [2.45, 2.75) is 104 Å². The van der Waals surface area contributed by atoms with Gasteiger partial charge in [0.1, 0.15) is 24.0 Å². The minimum absolute atomic E-state index is 0.138. The van der Waals surface area contributed by atoms with Crippen molar-refractivity contribution in [3.8, 4) is 33.6 Å². The Balaban J connectivity index is 1.13. The molecule has 6 N–H and O–H groups in total. The number of aromatic nitrogens is 4. The molecule has 2 aliphatic rings. The zero-order chi connectivity index (χ0) is 37.6. The number of H-pyrrole nitrogens is 2. The second kappa shape index (κ2) is 13.9. The molecule has 2 aliphatic heterocycles. The molecule has 4 heterocycles. The van der Waals surface area contributed by atoms with Crippen LogP contribution in [0.15, 0.2) is 60.9 Å². The monoisotopic (exact) mass is 714 g/mol. The molecule has 6 rings (SSSR count). The minimum Gasteiger partial charge on any atom is -0.344 e. The van der Waals surface area contributed by atoms with Crippen LogP contribution in [-0.2, 0) is 9.59 Å². The normalized spacial score (nSPS) is 24.8. The average molecular weight is 715 g/mol. The van der Waals surface area contributed by atoms with Gasteiger partial charge in [-0.15, -0.1) is 0 Å². The number of hydrogen-bond donors (Lipinski definition) is 6. The third kappa shape index (κ3) is 7.83. The van der Waals surface area contributed by atoms with Crippen LogP contribution >= 0.6 is 0 Å². The highest BCUT2D eigenvalue weighted by Crippen LogP contribution is 2.36. The van der Waals surface area contributed by atoms with Gasteiger partial charge < -0.3 is 31.2 Å². The molecule has 0 unspecified atom stereocenters. The maximum absolute atomic E-state index is 13.9. The number of hydrogen-bond acceptors (Lipinski definition) is 6. The topological polar surface area (TPSA) is 140 Å². The molecule has 52 heavy (non-hydrogen) atoms. The molecule has 2 fully saturated rings. The number of imidazole rings is 2. The van der Waals surface area contributed by atoms with Gasteiger partial charge in [-0.25, -0.2) is 18.7 Å². The van der Waals surface area contributed by atoms with Gasteiger partial charge >= 0.3 is 0 Å². The summed E-state index contributed by atoms with van der Waals surface area (Å²) in [4.78, 5) is 42.6. The van der Waals surface area contributed by atoms with Gasteiger partial charge in [-0.05, 0) is 46.9 Å². The summed E-state index contributed by atoms with van der Waals surface area (Å²) in [6, 6.07) is 15.6. The summed E-state index contributed by atoms with van der Waals surface area (Å²) >= 11 is 0. The number of carbonyl (C=O) groups is 2. The van der Waals surface area contributed by atoms with Crippen molar-refractivity contribution < 1.29 is 18.4 Å². The summed E-state index contributed by atoms with van der Waals surface area (Å²) < 4.78 is 27.9. The summed E-state index contributed by atoms with van der Waals surface area (Å²) in [5, 5.41) is 12.3. The van der Waals surface area contributed by atoms with E-state index in [1.807, 2.05) is 65.8 Å². The predicted octanol–water partition coefficient (Wildman–Crippen LogP) is 6.72. The van der Waals surface area contributed by atoms with Gasteiger partial charge in [0, 0.05) is 25.9 Å². The maximum Gasteiger partial charge on any atom is 0.240 e. The smallest absolute Gasteiger partial charge is 0.240 e. The molecular formula is C40H52F2N8O2. The lowest BCUT2D eigenvalue weighted by atomic mass is 9.85. The van der Waals surface area contributed by atoms with Gasteiger partial charge in [-0.1, -0.05) is 90.1 Å². The van der Waals surface area contributed by atoms with E-state index in [-0.39, 0.29) is 48.6 Å². The molecule has 2 saturated heterocycles. The first-order valence-corrected chi connectivity index (χ1v) is 18.1. The number of benzene rings is 2. The third-order valence-corrected chi connectivity index (χ3v) is 10.4. The van der Waals surface area contributed by atoms with E-state index in [0.717, 1.165) is 33.6 Å². The fourth-order valence-electron chi connectivity index (χ4n) is 7.11. The van der Waals surface area contributed by atoms with Crippen LogP contribution in [0.4, 0.5) is 8.78 Å². The molecule has 2 amide bonds. The number of amides is 2. The van der Waals surface area contributed by atoms with Crippen molar-refractivity contribution in [2.75, 3.05) is 13.1 Å². The van der Waals surface area contributed by atoms with E-state index in [0.29, 0.717) is 11.6 Å². The lowest BCUT2D eigenvalue weighted by Crippen LogP contribution is -2.53. The average Bonchev–Trinajstić information content (AvgIpc) is 3.90. The Morgan fingerprint density at radius 1 is 0.654 bits per heavy atom. The van der Waals surface area contributed by atoms with E-state index in [9.17, 15) is 18.4 Å². The van der Waals surface area contributed by atoms with Crippen molar-refractivity contribution in [3.63, 3.8) is 0 Å². The number of nitrogens with one attached hydrogen (secondary N) is 6. The van der Waals surface area contributed by atoms with Gasteiger partial charge in [0.25, 0.3) is 0 Å². The number of rotatable bonds is 9. The minimum atomic E-state index is -1.05. The second-order valence-corrected chi connectivity index (χ2v) is 17.1. The molecule has 0 radical (unpaired) electrons. The zero-order valence-corrected chi connectivity index (χ0v) is 31.4. The van der Waals surface area contributed by atoms with Crippen LogP contribution in [0.5, 0.6) is 0 Å². The van der Waals surface area contributed by atoms with Crippen LogP contribution in [0, 0.1) is 10.8 Å². The van der Waals surface area contributed by atoms with E-state index >= 15 is 0 Å². The number of nitrogens with zero attached hydrogens (tertiary/aromatic N) is 2. The molecule has 4 aromatic rings. The summed E-state index contributed by atoms with van der Waals surface area (Å²) in [7, 11) is 0. The summed E-state index contributed by atoms with van der Waals surface area (Å²) in [5.41, 5.74) is 3.04. The van der Waals surface area contributed by atoms with Crippen LogP contribution in [0.2, 0.25) is 0 Å². The van der Waals surface area contributed by atoms with E-state index < -0.39 is 35.5 Å². The van der Waals surface area contributed by atoms with E-state index in [2.05, 4.69) is 65.5 Å². The Hall–Kier alpha value is -4.42. The van der Waals surface area contributed by atoms with Crippen molar-refractivity contribution in [2.24, 2.45) is 10.8 Å². The van der Waals surface area contributed by atoms with Crippen LogP contribution in [-0.4, -0.2) is 68.3 Å². The van der Waals surface area contributed by atoms with Crippen molar-refractivity contribution in [1.29, 1.82) is 0 Å². The molecule has 6 atom stereocenters. The first-order chi connectivity index (χ1) is 24.3. The van der Waals surface area contributed by atoms with Crippen molar-refractivity contribution >= 4 is 11.8 Å². The standard InChI is InChI=1S/C40H52F2N8O2/c1-37(2,3)31(49-35(51)39(7)17-27(41)19-45-39)33-43-21-29(47-33)25-13-9-23(10-14-25)24-11-15-26(16-12-24)30-22-44-34(48-30)32(38(4,5)6)50-36(52)40(8)18-28(42)20-46-40/h9-16,21-22,27-28,31-32,45-46H,17-20H2,1-8H3,(H,43,47)(H,44,48)(H,49,51)(H,50,52)/t27-,28-,31-,32-,39+,40+/m1/s1. The van der Waals surface area contributed by atoms with Crippen molar-refractivity contribution in [1.82, 2.24) is 41.2 Å².